The highest BCUT2D eigenvalue weighted by molar-refractivity contribution is 7.13. The van der Waals surface area contributed by atoms with E-state index in [1.54, 1.807) is 0 Å². The number of carbonyl (C=O) groups is 1. The van der Waals surface area contributed by atoms with Crippen molar-refractivity contribution in [3.05, 3.63) is 11.1 Å². The van der Waals surface area contributed by atoms with Crippen LogP contribution in [0.3, 0.4) is 0 Å². The van der Waals surface area contributed by atoms with Crippen molar-refractivity contribution >= 4 is 22.5 Å². The number of hydrogen-bond acceptors (Lipinski definition) is 4. The molecule has 1 fully saturated rings. The molecule has 0 bridgehead atoms. The van der Waals surface area contributed by atoms with Gasteiger partial charge in [-0.2, -0.15) is 0 Å². The molecule has 0 aliphatic heterocycles. The van der Waals surface area contributed by atoms with E-state index in [2.05, 4.69) is 15.6 Å². The molecule has 5 nitrogen and oxygen atoms in total. The van der Waals surface area contributed by atoms with E-state index >= 15 is 0 Å². The number of nitrogens with one attached hydrogen (secondary N) is 2. The zero-order valence-electron chi connectivity index (χ0n) is 9.90. The number of amides is 2. The fourth-order valence-corrected chi connectivity index (χ4v) is 2.75. The van der Waals surface area contributed by atoms with E-state index in [0.29, 0.717) is 11.2 Å². The van der Waals surface area contributed by atoms with Crippen LogP contribution in [0.1, 0.15) is 44.3 Å². The summed E-state index contributed by atoms with van der Waals surface area (Å²) in [6, 6.07) is 0.0602. The lowest BCUT2D eigenvalue weighted by Crippen LogP contribution is -2.36. The number of urea groups is 1. The van der Waals surface area contributed by atoms with Crippen LogP contribution < -0.4 is 16.4 Å². The molecule has 2 amide bonds. The first-order valence-corrected chi connectivity index (χ1v) is 6.81. The summed E-state index contributed by atoms with van der Waals surface area (Å²) in [6.45, 7) is 1.87. The third-order valence-corrected chi connectivity index (χ3v) is 3.68. The van der Waals surface area contributed by atoms with Crippen LogP contribution >= 0.6 is 11.3 Å². The molecule has 2 rings (SSSR count). The Kier molecular flexibility index (Phi) is 3.96. The van der Waals surface area contributed by atoms with Crippen LogP contribution in [0.15, 0.2) is 5.38 Å². The Morgan fingerprint density at radius 2 is 2.29 bits per heavy atom. The highest BCUT2D eigenvalue weighted by atomic mass is 32.1. The molecule has 94 valence electrons. The molecule has 1 aromatic heterocycles. The topological polar surface area (TPSA) is 80.0 Å². The summed E-state index contributed by atoms with van der Waals surface area (Å²) in [5.41, 5.74) is 6.52. The SMILES string of the molecule is CC(N)c1csc(NC(=O)NC2CCCC2)n1. The van der Waals surface area contributed by atoms with Crippen molar-refractivity contribution in [2.45, 2.75) is 44.7 Å². The second kappa shape index (κ2) is 5.46. The third-order valence-electron chi connectivity index (χ3n) is 2.90. The standard InChI is InChI=1S/C11H18N4OS/c1-7(12)9-6-17-11(14-9)15-10(16)13-8-4-2-3-5-8/h6-8H,2-5,12H2,1H3,(H2,13,14,15,16). The van der Waals surface area contributed by atoms with E-state index in [0.717, 1.165) is 18.5 Å². The van der Waals surface area contributed by atoms with Gasteiger partial charge in [0.25, 0.3) is 0 Å². The molecule has 0 radical (unpaired) electrons. The Balaban J connectivity index is 1.84. The van der Waals surface area contributed by atoms with Crippen LogP contribution in [0.5, 0.6) is 0 Å². The van der Waals surface area contributed by atoms with E-state index < -0.39 is 0 Å². The van der Waals surface area contributed by atoms with Gasteiger partial charge in [-0.3, -0.25) is 5.32 Å². The molecule has 1 aliphatic rings. The molecule has 0 aromatic carbocycles. The number of thiazole rings is 1. The van der Waals surface area contributed by atoms with Gasteiger partial charge in [0.15, 0.2) is 5.13 Å². The van der Waals surface area contributed by atoms with Gasteiger partial charge in [0, 0.05) is 17.5 Å². The van der Waals surface area contributed by atoms with Crippen molar-refractivity contribution in [3.63, 3.8) is 0 Å². The molecule has 17 heavy (non-hydrogen) atoms. The summed E-state index contributed by atoms with van der Waals surface area (Å²) < 4.78 is 0. The van der Waals surface area contributed by atoms with Gasteiger partial charge in [-0.1, -0.05) is 12.8 Å². The molecule has 1 atom stereocenters. The summed E-state index contributed by atoms with van der Waals surface area (Å²) >= 11 is 1.40. The molecule has 1 heterocycles. The minimum Gasteiger partial charge on any atom is -0.335 e. The van der Waals surface area contributed by atoms with Crippen molar-refractivity contribution in [1.29, 1.82) is 0 Å². The number of anilines is 1. The number of nitrogens with zero attached hydrogens (tertiary/aromatic N) is 1. The number of carbonyl (C=O) groups excluding carboxylic acids is 1. The van der Waals surface area contributed by atoms with Crippen LogP contribution in [0, 0.1) is 0 Å². The third kappa shape index (κ3) is 3.41. The maximum Gasteiger partial charge on any atom is 0.321 e. The quantitative estimate of drug-likeness (QED) is 0.773. The summed E-state index contributed by atoms with van der Waals surface area (Å²) in [5, 5.41) is 8.17. The van der Waals surface area contributed by atoms with Gasteiger partial charge < -0.3 is 11.1 Å². The lowest BCUT2D eigenvalue weighted by molar-refractivity contribution is 0.248. The van der Waals surface area contributed by atoms with Gasteiger partial charge in [-0.25, -0.2) is 9.78 Å². The molecule has 1 unspecified atom stereocenters. The van der Waals surface area contributed by atoms with Crippen LogP contribution in [0.4, 0.5) is 9.93 Å². The zero-order chi connectivity index (χ0) is 12.3. The number of aromatic nitrogens is 1. The van der Waals surface area contributed by atoms with E-state index in [1.165, 1.54) is 24.2 Å². The van der Waals surface area contributed by atoms with Crippen LogP contribution in [-0.4, -0.2) is 17.1 Å². The highest BCUT2D eigenvalue weighted by Gasteiger charge is 2.17. The van der Waals surface area contributed by atoms with Crippen LogP contribution in [0.25, 0.3) is 0 Å². The molecule has 0 saturated heterocycles. The lowest BCUT2D eigenvalue weighted by atomic mass is 10.3. The summed E-state index contributed by atoms with van der Waals surface area (Å²) in [5.74, 6) is 0. The predicted molar refractivity (Wildman–Crippen MR) is 69.1 cm³/mol. The Hall–Kier alpha value is -1.14. The van der Waals surface area contributed by atoms with Crippen molar-refractivity contribution < 1.29 is 4.79 Å². The summed E-state index contributed by atoms with van der Waals surface area (Å²) in [4.78, 5) is 15.9. The van der Waals surface area contributed by atoms with Crippen molar-refractivity contribution in [3.8, 4) is 0 Å². The van der Waals surface area contributed by atoms with Gasteiger partial charge in [-0.05, 0) is 19.8 Å². The Bertz CT molecular complexity index is 385. The number of rotatable bonds is 3. The smallest absolute Gasteiger partial charge is 0.321 e. The molecule has 1 aliphatic carbocycles. The van der Waals surface area contributed by atoms with E-state index in [1.807, 2.05) is 12.3 Å². The summed E-state index contributed by atoms with van der Waals surface area (Å²) in [7, 11) is 0. The highest BCUT2D eigenvalue weighted by Crippen LogP contribution is 2.20. The monoisotopic (exact) mass is 254 g/mol. The number of nitrogens with two attached hydrogens (primary N) is 1. The van der Waals surface area contributed by atoms with Gasteiger partial charge in [0.2, 0.25) is 0 Å². The van der Waals surface area contributed by atoms with Crippen LogP contribution in [-0.2, 0) is 0 Å². The molecule has 4 N–H and O–H groups in total. The first kappa shape index (κ1) is 12.3. The van der Waals surface area contributed by atoms with Crippen molar-refractivity contribution in [1.82, 2.24) is 10.3 Å². The Morgan fingerprint density at radius 3 is 2.88 bits per heavy atom. The summed E-state index contributed by atoms with van der Waals surface area (Å²) in [6.07, 6.45) is 4.57. The van der Waals surface area contributed by atoms with Gasteiger partial charge >= 0.3 is 6.03 Å². The second-order valence-corrected chi connectivity index (χ2v) is 5.30. The maximum absolute atomic E-state index is 11.7. The molecular weight excluding hydrogens is 236 g/mol. The fraction of sp³-hybridized carbons (Fsp3) is 0.636. The molecule has 6 heteroatoms. The zero-order valence-corrected chi connectivity index (χ0v) is 10.7. The largest absolute Gasteiger partial charge is 0.335 e. The average Bonchev–Trinajstić information content (AvgIpc) is 2.88. The predicted octanol–water partition coefficient (Wildman–Crippen LogP) is 2.23. The van der Waals surface area contributed by atoms with Gasteiger partial charge in [0.05, 0.1) is 5.69 Å². The Labute approximate surface area is 105 Å². The number of hydrogen-bond donors (Lipinski definition) is 3. The van der Waals surface area contributed by atoms with Crippen molar-refractivity contribution in [2.75, 3.05) is 5.32 Å². The minimum absolute atomic E-state index is 0.0975. The fourth-order valence-electron chi connectivity index (χ4n) is 1.94. The second-order valence-electron chi connectivity index (χ2n) is 4.45. The molecule has 1 aromatic rings. The van der Waals surface area contributed by atoms with Gasteiger partial charge in [0.1, 0.15) is 0 Å². The molecule has 0 spiro atoms. The first-order chi connectivity index (χ1) is 8.15. The molecular formula is C11H18N4OS. The maximum atomic E-state index is 11.7. The van der Waals surface area contributed by atoms with Crippen LogP contribution in [0.2, 0.25) is 0 Å². The Morgan fingerprint density at radius 1 is 1.59 bits per heavy atom. The average molecular weight is 254 g/mol. The first-order valence-electron chi connectivity index (χ1n) is 5.93. The lowest BCUT2D eigenvalue weighted by Gasteiger charge is -2.11. The van der Waals surface area contributed by atoms with E-state index in [9.17, 15) is 4.79 Å². The van der Waals surface area contributed by atoms with Gasteiger partial charge in [-0.15, -0.1) is 11.3 Å². The normalized spacial score (nSPS) is 18.0. The van der Waals surface area contributed by atoms with Crippen molar-refractivity contribution in [2.24, 2.45) is 5.73 Å². The molecule has 1 saturated carbocycles. The van der Waals surface area contributed by atoms with E-state index in [-0.39, 0.29) is 12.1 Å². The van der Waals surface area contributed by atoms with E-state index in [4.69, 9.17) is 5.73 Å². The minimum atomic E-state index is -0.164.